The first-order valence-corrected chi connectivity index (χ1v) is 11.7. The highest BCUT2D eigenvalue weighted by atomic mass is 19.1. The summed E-state index contributed by atoms with van der Waals surface area (Å²) >= 11 is 0. The molecule has 6 nitrogen and oxygen atoms in total. The number of aromatic nitrogens is 3. The van der Waals surface area contributed by atoms with Gasteiger partial charge in [-0.1, -0.05) is 0 Å². The number of halogens is 3. The lowest BCUT2D eigenvalue weighted by atomic mass is 10.0. The number of aliphatic imine (C=N–C) groups is 1. The van der Waals surface area contributed by atoms with Crippen molar-refractivity contribution in [3.05, 3.63) is 71.3 Å². The molecule has 0 aliphatic carbocycles. The molecule has 34 heavy (non-hydrogen) atoms. The van der Waals surface area contributed by atoms with Crippen LogP contribution in [0.5, 0.6) is 0 Å². The average molecular weight is 467 g/mol. The first kappa shape index (κ1) is 21.3. The van der Waals surface area contributed by atoms with E-state index in [9.17, 15) is 13.2 Å². The van der Waals surface area contributed by atoms with Gasteiger partial charge in [-0.2, -0.15) is 5.10 Å². The molecule has 2 saturated heterocycles. The fourth-order valence-electron chi connectivity index (χ4n) is 5.29. The first-order chi connectivity index (χ1) is 16.6. The SMILES string of the molecule is Fc1ccc(F)c([C@H]2C[C@H](F)CN2C2=NCc3ncc(-c4cnn(C5CCNCC5)c4)cc32)c1. The van der Waals surface area contributed by atoms with Crippen molar-refractivity contribution in [2.24, 2.45) is 4.99 Å². The van der Waals surface area contributed by atoms with E-state index in [1.807, 2.05) is 29.3 Å². The van der Waals surface area contributed by atoms with Crippen molar-refractivity contribution in [3.8, 4) is 11.1 Å². The van der Waals surface area contributed by atoms with Crippen LogP contribution in [0.3, 0.4) is 0 Å². The highest BCUT2D eigenvalue weighted by Gasteiger charge is 2.39. The molecule has 0 amide bonds. The predicted molar refractivity (Wildman–Crippen MR) is 122 cm³/mol. The molecule has 176 valence electrons. The minimum atomic E-state index is -1.15. The Kier molecular flexibility index (Phi) is 5.36. The second-order valence-electron chi connectivity index (χ2n) is 9.22. The van der Waals surface area contributed by atoms with Gasteiger partial charge < -0.3 is 10.2 Å². The van der Waals surface area contributed by atoms with Crippen molar-refractivity contribution < 1.29 is 13.2 Å². The summed E-state index contributed by atoms with van der Waals surface area (Å²) in [5.41, 5.74) is 3.62. The number of fused-ring (bicyclic) bond motifs is 1. The van der Waals surface area contributed by atoms with E-state index in [1.54, 1.807) is 4.90 Å². The van der Waals surface area contributed by atoms with Gasteiger partial charge in [-0.05, 0) is 50.2 Å². The Labute approximate surface area is 195 Å². The second kappa shape index (κ2) is 8.54. The summed E-state index contributed by atoms with van der Waals surface area (Å²) in [6.45, 7) is 2.43. The molecule has 5 heterocycles. The number of likely N-dealkylation sites (tertiary alicyclic amines) is 1. The maximum absolute atomic E-state index is 14.6. The Morgan fingerprint density at radius 1 is 1.03 bits per heavy atom. The molecule has 0 bridgehead atoms. The Morgan fingerprint density at radius 2 is 1.88 bits per heavy atom. The van der Waals surface area contributed by atoms with E-state index in [1.165, 1.54) is 0 Å². The van der Waals surface area contributed by atoms with Gasteiger partial charge >= 0.3 is 0 Å². The fourth-order valence-corrected chi connectivity index (χ4v) is 5.29. The van der Waals surface area contributed by atoms with Crippen LogP contribution in [0, 0.1) is 11.6 Å². The van der Waals surface area contributed by atoms with Crippen molar-refractivity contribution in [3.63, 3.8) is 0 Å². The van der Waals surface area contributed by atoms with Crippen LogP contribution >= 0.6 is 0 Å². The molecule has 0 radical (unpaired) electrons. The molecule has 0 unspecified atom stereocenters. The van der Waals surface area contributed by atoms with Crippen LogP contribution in [0.25, 0.3) is 11.1 Å². The molecule has 0 spiro atoms. The summed E-state index contributed by atoms with van der Waals surface area (Å²) in [7, 11) is 0. The summed E-state index contributed by atoms with van der Waals surface area (Å²) in [4.78, 5) is 11.0. The second-order valence-corrected chi connectivity index (χ2v) is 9.22. The lowest BCUT2D eigenvalue weighted by molar-refractivity contribution is 0.341. The monoisotopic (exact) mass is 466 g/mol. The molecule has 9 heteroatoms. The molecule has 2 atom stereocenters. The fraction of sp³-hybridized carbons (Fsp3) is 0.400. The van der Waals surface area contributed by atoms with Crippen molar-refractivity contribution in [2.75, 3.05) is 19.6 Å². The van der Waals surface area contributed by atoms with Crippen LogP contribution in [-0.2, 0) is 6.54 Å². The number of hydrogen-bond donors (Lipinski definition) is 1. The van der Waals surface area contributed by atoms with E-state index in [2.05, 4.69) is 20.4 Å². The number of piperidine rings is 1. The van der Waals surface area contributed by atoms with Crippen molar-refractivity contribution in [1.82, 2.24) is 25.0 Å². The van der Waals surface area contributed by atoms with Crippen molar-refractivity contribution >= 4 is 5.84 Å². The maximum atomic E-state index is 14.6. The summed E-state index contributed by atoms with van der Waals surface area (Å²) < 4.78 is 45.0. The molecule has 1 N–H and O–H groups in total. The average Bonchev–Trinajstić information content (AvgIpc) is 3.59. The minimum Gasteiger partial charge on any atom is -0.346 e. The van der Waals surface area contributed by atoms with Gasteiger partial charge in [0.1, 0.15) is 23.6 Å². The smallest absolute Gasteiger partial charge is 0.133 e. The van der Waals surface area contributed by atoms with Crippen LogP contribution in [0.4, 0.5) is 13.2 Å². The van der Waals surface area contributed by atoms with Gasteiger partial charge in [-0.25, -0.2) is 13.2 Å². The van der Waals surface area contributed by atoms with Gasteiger partial charge in [0.25, 0.3) is 0 Å². The van der Waals surface area contributed by atoms with Crippen LogP contribution in [0.2, 0.25) is 0 Å². The van der Waals surface area contributed by atoms with Crippen LogP contribution in [-0.4, -0.2) is 51.3 Å². The Morgan fingerprint density at radius 3 is 2.74 bits per heavy atom. The largest absolute Gasteiger partial charge is 0.346 e. The highest BCUT2D eigenvalue weighted by molar-refractivity contribution is 6.02. The molecule has 1 aromatic carbocycles. The summed E-state index contributed by atoms with van der Waals surface area (Å²) in [6.07, 6.45) is 6.71. The van der Waals surface area contributed by atoms with E-state index in [0.717, 1.165) is 66.5 Å². The van der Waals surface area contributed by atoms with Gasteiger partial charge in [0.05, 0.1) is 37.1 Å². The van der Waals surface area contributed by atoms with E-state index in [-0.39, 0.29) is 18.5 Å². The zero-order valence-corrected chi connectivity index (χ0v) is 18.6. The molecule has 3 aliphatic heterocycles. The normalized spacial score (nSPS) is 22.8. The van der Waals surface area contributed by atoms with Gasteiger partial charge in [0, 0.05) is 41.1 Å². The van der Waals surface area contributed by atoms with Crippen molar-refractivity contribution in [2.45, 2.75) is 44.1 Å². The van der Waals surface area contributed by atoms with Gasteiger partial charge in [0.15, 0.2) is 0 Å². The minimum absolute atomic E-state index is 0.0801. The molecule has 2 fully saturated rings. The zero-order chi connectivity index (χ0) is 23.2. The molecular formula is C25H25F3N6. The number of hydrogen-bond acceptors (Lipinski definition) is 5. The number of benzene rings is 1. The molecule has 3 aromatic rings. The standard InChI is InChI=1S/C25H25F3N6/c26-17-1-2-22(28)20(8-17)24-9-18(27)14-33(24)25-21-7-15(10-30-23(21)12-31-25)16-11-32-34(13-16)19-3-5-29-6-4-19/h1-2,7-8,10-11,13,18-19,24,29H,3-6,9,12,14H2/t18-,24+/m0/s1. The number of pyridine rings is 1. The molecule has 2 aromatic heterocycles. The number of nitrogens with one attached hydrogen (secondary N) is 1. The third-order valence-electron chi connectivity index (χ3n) is 7.05. The van der Waals surface area contributed by atoms with E-state index in [4.69, 9.17) is 0 Å². The highest BCUT2D eigenvalue weighted by Crippen LogP contribution is 2.38. The molecule has 3 aliphatic rings. The van der Waals surface area contributed by atoms with Gasteiger partial charge in [-0.15, -0.1) is 0 Å². The van der Waals surface area contributed by atoms with Crippen LogP contribution in [0.1, 0.15) is 48.2 Å². The summed E-state index contributed by atoms with van der Waals surface area (Å²) in [5, 5.41) is 7.95. The third-order valence-corrected chi connectivity index (χ3v) is 7.05. The maximum Gasteiger partial charge on any atom is 0.133 e. The quantitative estimate of drug-likeness (QED) is 0.629. The predicted octanol–water partition coefficient (Wildman–Crippen LogP) is 4.19. The molecule has 6 rings (SSSR count). The Hall–Kier alpha value is -3.20. The zero-order valence-electron chi connectivity index (χ0n) is 18.6. The first-order valence-electron chi connectivity index (χ1n) is 11.7. The van der Waals surface area contributed by atoms with E-state index in [0.29, 0.717) is 18.4 Å². The number of alkyl halides is 1. The molecular weight excluding hydrogens is 441 g/mol. The number of amidine groups is 1. The van der Waals surface area contributed by atoms with E-state index >= 15 is 0 Å². The van der Waals surface area contributed by atoms with E-state index < -0.39 is 23.8 Å². The van der Waals surface area contributed by atoms with Crippen LogP contribution < -0.4 is 5.32 Å². The Bertz CT molecular complexity index is 1250. The summed E-state index contributed by atoms with van der Waals surface area (Å²) in [5.74, 6) is -0.493. The van der Waals surface area contributed by atoms with Gasteiger partial charge in [0.2, 0.25) is 0 Å². The number of nitrogens with zero attached hydrogens (tertiary/aromatic N) is 5. The Balaban J connectivity index is 1.31. The summed E-state index contributed by atoms with van der Waals surface area (Å²) in [6, 6.07) is 5.09. The lowest BCUT2D eigenvalue weighted by Gasteiger charge is -2.27. The topological polar surface area (TPSA) is 58.3 Å². The lowest BCUT2D eigenvalue weighted by Crippen LogP contribution is -2.32. The van der Waals surface area contributed by atoms with Crippen molar-refractivity contribution in [1.29, 1.82) is 0 Å². The number of rotatable bonds is 3. The third kappa shape index (κ3) is 3.77. The van der Waals surface area contributed by atoms with Crippen LogP contribution in [0.15, 0.2) is 47.8 Å². The molecule has 0 saturated carbocycles. The van der Waals surface area contributed by atoms with Gasteiger partial charge in [-0.3, -0.25) is 14.7 Å².